The fourth-order valence-corrected chi connectivity index (χ4v) is 2.29. The van der Waals surface area contributed by atoms with Crippen molar-refractivity contribution in [1.82, 2.24) is 10.3 Å². The molecule has 20 heavy (non-hydrogen) atoms. The van der Waals surface area contributed by atoms with E-state index in [0.29, 0.717) is 12.0 Å². The van der Waals surface area contributed by atoms with E-state index >= 15 is 0 Å². The molecule has 1 heterocycles. The van der Waals surface area contributed by atoms with Crippen LogP contribution in [0, 0.1) is 12.7 Å². The van der Waals surface area contributed by atoms with Crippen molar-refractivity contribution in [2.75, 3.05) is 14.2 Å². The maximum atomic E-state index is 14.2. The van der Waals surface area contributed by atoms with Gasteiger partial charge in [-0.05, 0) is 43.7 Å². The molecule has 0 amide bonds. The third kappa shape index (κ3) is 2.96. The molecule has 1 unspecified atom stereocenters. The predicted molar refractivity (Wildman–Crippen MR) is 77.4 cm³/mol. The van der Waals surface area contributed by atoms with Crippen LogP contribution in [-0.2, 0) is 6.42 Å². The van der Waals surface area contributed by atoms with Gasteiger partial charge in [0.05, 0.1) is 18.8 Å². The molecule has 0 saturated carbocycles. The summed E-state index contributed by atoms with van der Waals surface area (Å²) >= 11 is 0. The van der Waals surface area contributed by atoms with E-state index in [1.54, 1.807) is 24.4 Å². The molecule has 1 aromatic carbocycles. The Hall–Kier alpha value is -1.94. The number of pyridine rings is 1. The van der Waals surface area contributed by atoms with Crippen molar-refractivity contribution in [2.45, 2.75) is 19.4 Å². The summed E-state index contributed by atoms with van der Waals surface area (Å²) in [6, 6.07) is 9.08. The molecule has 0 spiro atoms. The van der Waals surface area contributed by atoms with Crippen LogP contribution >= 0.6 is 0 Å². The van der Waals surface area contributed by atoms with Crippen molar-refractivity contribution < 1.29 is 9.13 Å². The minimum Gasteiger partial charge on any atom is -0.494 e. The number of hydrogen-bond donors (Lipinski definition) is 1. The van der Waals surface area contributed by atoms with E-state index in [-0.39, 0.29) is 17.6 Å². The fourth-order valence-electron chi connectivity index (χ4n) is 2.29. The molecular weight excluding hydrogens is 255 g/mol. The Balaban J connectivity index is 2.30. The van der Waals surface area contributed by atoms with Gasteiger partial charge in [0.1, 0.15) is 0 Å². The number of aromatic nitrogens is 1. The highest BCUT2D eigenvalue weighted by atomic mass is 19.1. The maximum absolute atomic E-state index is 14.2. The van der Waals surface area contributed by atoms with E-state index in [9.17, 15) is 4.39 Å². The highest BCUT2D eigenvalue weighted by Crippen LogP contribution is 2.25. The second-order valence-electron chi connectivity index (χ2n) is 4.68. The van der Waals surface area contributed by atoms with E-state index in [2.05, 4.69) is 10.3 Å². The molecule has 106 valence electrons. The Kier molecular flexibility index (Phi) is 4.69. The molecule has 0 fully saturated rings. The molecule has 1 N–H and O–H groups in total. The molecule has 0 aliphatic heterocycles. The van der Waals surface area contributed by atoms with E-state index in [1.165, 1.54) is 7.11 Å². The van der Waals surface area contributed by atoms with Gasteiger partial charge in [-0.3, -0.25) is 4.98 Å². The van der Waals surface area contributed by atoms with Gasteiger partial charge in [-0.15, -0.1) is 0 Å². The summed E-state index contributed by atoms with van der Waals surface area (Å²) in [5.41, 5.74) is 2.65. The standard InChI is InChI=1S/C16H19FN2O/c1-11-6-5-9-19-16(11)13(18-2)10-12-7-4-8-14(20-3)15(12)17/h4-9,13,18H,10H2,1-3H3. The van der Waals surface area contributed by atoms with Crippen molar-refractivity contribution >= 4 is 0 Å². The van der Waals surface area contributed by atoms with Gasteiger partial charge in [0.15, 0.2) is 11.6 Å². The SMILES string of the molecule is CNC(Cc1cccc(OC)c1F)c1ncccc1C. The van der Waals surface area contributed by atoms with Gasteiger partial charge in [-0.1, -0.05) is 18.2 Å². The third-order valence-electron chi connectivity index (χ3n) is 3.42. The molecule has 0 aliphatic carbocycles. The molecule has 1 aromatic heterocycles. The van der Waals surface area contributed by atoms with Crippen molar-refractivity contribution in [1.29, 1.82) is 0 Å². The van der Waals surface area contributed by atoms with Gasteiger partial charge in [-0.25, -0.2) is 4.39 Å². The summed E-state index contributed by atoms with van der Waals surface area (Å²) in [5, 5.41) is 3.20. The first-order valence-electron chi connectivity index (χ1n) is 6.57. The lowest BCUT2D eigenvalue weighted by Crippen LogP contribution is -2.21. The van der Waals surface area contributed by atoms with Crippen molar-refractivity contribution in [3.8, 4) is 5.75 Å². The van der Waals surface area contributed by atoms with Crippen LogP contribution in [0.3, 0.4) is 0 Å². The first-order valence-corrected chi connectivity index (χ1v) is 6.57. The van der Waals surface area contributed by atoms with Crippen LogP contribution in [0.2, 0.25) is 0 Å². The largest absolute Gasteiger partial charge is 0.494 e. The number of ether oxygens (including phenoxy) is 1. The van der Waals surface area contributed by atoms with Crippen molar-refractivity contribution in [3.05, 3.63) is 59.2 Å². The molecule has 4 heteroatoms. The minimum absolute atomic E-state index is 0.0298. The van der Waals surface area contributed by atoms with E-state index < -0.39 is 0 Å². The second-order valence-corrected chi connectivity index (χ2v) is 4.68. The predicted octanol–water partition coefficient (Wildman–Crippen LogP) is 3.04. The number of benzene rings is 1. The lowest BCUT2D eigenvalue weighted by atomic mass is 9.99. The molecule has 0 bridgehead atoms. The highest BCUT2D eigenvalue weighted by molar-refractivity contribution is 5.33. The summed E-state index contributed by atoms with van der Waals surface area (Å²) in [5.74, 6) is -0.0288. The Bertz CT molecular complexity index is 586. The average molecular weight is 274 g/mol. The lowest BCUT2D eigenvalue weighted by molar-refractivity contribution is 0.382. The monoisotopic (exact) mass is 274 g/mol. The number of nitrogens with one attached hydrogen (secondary N) is 1. The summed E-state index contributed by atoms with van der Waals surface area (Å²) in [7, 11) is 3.33. The van der Waals surface area contributed by atoms with Crippen LogP contribution in [0.4, 0.5) is 4.39 Å². The van der Waals surface area contributed by atoms with E-state index in [4.69, 9.17) is 4.74 Å². The molecule has 0 radical (unpaired) electrons. The van der Waals surface area contributed by atoms with Crippen LogP contribution in [0.25, 0.3) is 0 Å². The molecule has 3 nitrogen and oxygen atoms in total. The molecule has 2 aromatic rings. The number of aryl methyl sites for hydroxylation is 1. The van der Waals surface area contributed by atoms with Gasteiger partial charge >= 0.3 is 0 Å². The van der Waals surface area contributed by atoms with E-state index in [0.717, 1.165) is 11.3 Å². The fraction of sp³-hybridized carbons (Fsp3) is 0.312. The number of methoxy groups -OCH3 is 1. The Morgan fingerprint density at radius 2 is 2.10 bits per heavy atom. The van der Waals surface area contributed by atoms with Gasteiger partial charge < -0.3 is 10.1 Å². The van der Waals surface area contributed by atoms with Crippen LogP contribution in [0.15, 0.2) is 36.5 Å². The maximum Gasteiger partial charge on any atom is 0.168 e. The first-order chi connectivity index (χ1) is 9.67. The van der Waals surface area contributed by atoms with E-state index in [1.807, 2.05) is 26.1 Å². The first kappa shape index (κ1) is 14.5. The Morgan fingerprint density at radius 1 is 1.30 bits per heavy atom. The number of hydrogen-bond acceptors (Lipinski definition) is 3. The zero-order valence-electron chi connectivity index (χ0n) is 12.0. The van der Waals surface area contributed by atoms with Gasteiger partial charge in [0.25, 0.3) is 0 Å². The quantitative estimate of drug-likeness (QED) is 0.910. The zero-order valence-corrected chi connectivity index (χ0v) is 12.0. The molecule has 0 aliphatic rings. The van der Waals surface area contributed by atoms with Crippen molar-refractivity contribution in [3.63, 3.8) is 0 Å². The van der Waals surface area contributed by atoms with Crippen molar-refractivity contribution in [2.24, 2.45) is 0 Å². The number of likely N-dealkylation sites (N-methyl/N-ethyl adjacent to an activating group) is 1. The normalized spacial score (nSPS) is 12.2. The average Bonchev–Trinajstić information content (AvgIpc) is 2.47. The number of nitrogens with zero attached hydrogens (tertiary/aromatic N) is 1. The number of rotatable bonds is 5. The zero-order chi connectivity index (χ0) is 14.5. The molecule has 1 atom stereocenters. The minimum atomic E-state index is -0.302. The summed E-state index contributed by atoms with van der Waals surface area (Å²) in [6.45, 7) is 2.01. The van der Waals surface area contributed by atoms with Crippen LogP contribution in [0.1, 0.15) is 22.9 Å². The summed E-state index contributed by atoms with van der Waals surface area (Å²) in [4.78, 5) is 4.40. The second kappa shape index (κ2) is 6.48. The molecule has 0 saturated heterocycles. The Morgan fingerprint density at radius 3 is 2.75 bits per heavy atom. The third-order valence-corrected chi connectivity index (χ3v) is 3.42. The van der Waals surface area contributed by atoms with Gasteiger partial charge in [-0.2, -0.15) is 0 Å². The van der Waals surface area contributed by atoms with Crippen LogP contribution < -0.4 is 10.1 Å². The Labute approximate surface area is 118 Å². The van der Waals surface area contributed by atoms with Crippen LogP contribution in [0.5, 0.6) is 5.75 Å². The lowest BCUT2D eigenvalue weighted by Gasteiger charge is -2.18. The van der Waals surface area contributed by atoms with Gasteiger partial charge in [0.2, 0.25) is 0 Å². The summed E-state index contributed by atoms with van der Waals surface area (Å²) < 4.78 is 19.2. The summed E-state index contributed by atoms with van der Waals surface area (Å²) in [6.07, 6.45) is 2.28. The highest BCUT2D eigenvalue weighted by Gasteiger charge is 2.17. The topological polar surface area (TPSA) is 34.1 Å². The van der Waals surface area contributed by atoms with Crippen LogP contribution in [-0.4, -0.2) is 19.1 Å². The molecule has 2 rings (SSSR count). The number of halogens is 1. The van der Waals surface area contributed by atoms with Gasteiger partial charge in [0, 0.05) is 6.20 Å². The molecular formula is C16H19FN2O. The smallest absolute Gasteiger partial charge is 0.168 e.